The number of hydrogen-bond donors (Lipinski definition) is 1. The molecule has 1 fully saturated rings. The molecule has 0 saturated carbocycles. The van der Waals surface area contributed by atoms with E-state index in [4.69, 9.17) is 0 Å². The summed E-state index contributed by atoms with van der Waals surface area (Å²) in [5, 5.41) is 3.38. The third-order valence-electron chi connectivity index (χ3n) is 2.65. The Morgan fingerprint density at radius 3 is 2.67 bits per heavy atom. The average Bonchev–Trinajstić information content (AvgIpc) is 2.19. The van der Waals surface area contributed by atoms with Crippen LogP contribution in [0.4, 0.5) is 5.95 Å². The second-order valence-electron chi connectivity index (χ2n) is 4.34. The predicted octanol–water partition coefficient (Wildman–Crippen LogP) is 1.43. The van der Waals surface area contributed by atoms with Crippen molar-refractivity contribution in [2.24, 2.45) is 0 Å². The Balaban J connectivity index is 2.25. The normalized spacial score (nSPS) is 20.3. The first-order chi connectivity index (χ1) is 7.09. The number of piperazine rings is 1. The van der Waals surface area contributed by atoms with Crippen molar-refractivity contribution >= 4 is 21.9 Å². The number of nitrogens with zero attached hydrogens (tertiary/aromatic N) is 3. The van der Waals surface area contributed by atoms with Crippen LogP contribution < -0.4 is 10.2 Å². The van der Waals surface area contributed by atoms with E-state index in [0.717, 1.165) is 30.1 Å². The van der Waals surface area contributed by atoms with Gasteiger partial charge in [0.05, 0.1) is 4.47 Å². The zero-order valence-electron chi connectivity index (χ0n) is 9.00. The van der Waals surface area contributed by atoms with Crippen LogP contribution in [0.1, 0.15) is 13.8 Å². The summed E-state index contributed by atoms with van der Waals surface area (Å²) in [5.41, 5.74) is 0.0755. The smallest absolute Gasteiger partial charge is 0.225 e. The lowest BCUT2D eigenvalue weighted by Crippen LogP contribution is -2.58. The number of aromatic nitrogens is 2. The van der Waals surface area contributed by atoms with Crippen LogP contribution in [0.5, 0.6) is 0 Å². The van der Waals surface area contributed by atoms with Gasteiger partial charge in [-0.15, -0.1) is 0 Å². The molecule has 0 atom stereocenters. The molecule has 0 aliphatic carbocycles. The third-order valence-corrected chi connectivity index (χ3v) is 3.06. The van der Waals surface area contributed by atoms with Crippen LogP contribution in [0.2, 0.25) is 0 Å². The molecule has 82 valence electrons. The Morgan fingerprint density at radius 1 is 1.40 bits per heavy atom. The van der Waals surface area contributed by atoms with Gasteiger partial charge in [-0.1, -0.05) is 0 Å². The fourth-order valence-electron chi connectivity index (χ4n) is 1.80. The minimum absolute atomic E-state index is 0.0755. The molecule has 1 aromatic heterocycles. The summed E-state index contributed by atoms with van der Waals surface area (Å²) in [6, 6.07) is 0. The van der Waals surface area contributed by atoms with Gasteiger partial charge in [-0.3, -0.25) is 0 Å². The minimum Gasteiger partial charge on any atom is -0.333 e. The third kappa shape index (κ3) is 2.29. The molecule has 5 heteroatoms. The molecule has 4 nitrogen and oxygen atoms in total. The topological polar surface area (TPSA) is 41.0 Å². The summed E-state index contributed by atoms with van der Waals surface area (Å²) in [5.74, 6) is 0.810. The second-order valence-corrected chi connectivity index (χ2v) is 5.26. The predicted molar refractivity (Wildman–Crippen MR) is 64.0 cm³/mol. The number of nitrogens with one attached hydrogen (secondary N) is 1. The summed E-state index contributed by atoms with van der Waals surface area (Å²) >= 11 is 3.34. The van der Waals surface area contributed by atoms with Crippen LogP contribution in [0.3, 0.4) is 0 Å². The van der Waals surface area contributed by atoms with E-state index >= 15 is 0 Å². The molecular formula is C10H15BrN4. The molecule has 0 radical (unpaired) electrons. The Hall–Kier alpha value is -0.680. The summed E-state index contributed by atoms with van der Waals surface area (Å²) in [6.07, 6.45) is 3.58. The number of halogens is 1. The van der Waals surface area contributed by atoms with Crippen LogP contribution >= 0.6 is 15.9 Å². The van der Waals surface area contributed by atoms with Crippen molar-refractivity contribution in [2.75, 3.05) is 24.5 Å². The van der Waals surface area contributed by atoms with Crippen molar-refractivity contribution in [1.29, 1.82) is 0 Å². The zero-order chi connectivity index (χ0) is 10.9. The van der Waals surface area contributed by atoms with Crippen molar-refractivity contribution < 1.29 is 0 Å². The summed E-state index contributed by atoms with van der Waals surface area (Å²) in [6.45, 7) is 7.30. The van der Waals surface area contributed by atoms with E-state index in [9.17, 15) is 0 Å². The number of rotatable bonds is 1. The molecular weight excluding hydrogens is 256 g/mol. The highest BCUT2D eigenvalue weighted by Gasteiger charge is 2.31. The van der Waals surface area contributed by atoms with Crippen LogP contribution in [0.15, 0.2) is 16.9 Å². The van der Waals surface area contributed by atoms with E-state index in [-0.39, 0.29) is 5.54 Å². The zero-order valence-corrected chi connectivity index (χ0v) is 10.6. The Labute approximate surface area is 98.2 Å². The maximum atomic E-state index is 4.34. The second kappa shape index (κ2) is 4.06. The molecule has 0 bridgehead atoms. The Morgan fingerprint density at radius 2 is 2.07 bits per heavy atom. The van der Waals surface area contributed by atoms with E-state index in [2.05, 4.69) is 50.0 Å². The van der Waals surface area contributed by atoms with E-state index < -0.39 is 0 Å². The summed E-state index contributed by atoms with van der Waals surface area (Å²) in [4.78, 5) is 10.9. The van der Waals surface area contributed by atoms with Gasteiger partial charge in [0.15, 0.2) is 0 Å². The molecule has 1 aliphatic rings. The molecule has 2 rings (SSSR count). The van der Waals surface area contributed by atoms with Crippen molar-refractivity contribution in [1.82, 2.24) is 15.3 Å². The molecule has 15 heavy (non-hydrogen) atoms. The molecule has 0 aromatic carbocycles. The molecule has 0 unspecified atom stereocenters. The molecule has 1 N–H and O–H groups in total. The van der Waals surface area contributed by atoms with Gasteiger partial charge in [-0.05, 0) is 29.8 Å². The number of anilines is 1. The summed E-state index contributed by atoms with van der Waals surface area (Å²) < 4.78 is 0.916. The molecule has 1 aromatic rings. The number of hydrogen-bond acceptors (Lipinski definition) is 4. The fraction of sp³-hybridized carbons (Fsp3) is 0.600. The van der Waals surface area contributed by atoms with Gasteiger partial charge >= 0.3 is 0 Å². The van der Waals surface area contributed by atoms with Crippen LogP contribution in [-0.4, -0.2) is 35.1 Å². The highest BCUT2D eigenvalue weighted by Crippen LogP contribution is 2.22. The van der Waals surface area contributed by atoms with Gasteiger partial charge in [-0.2, -0.15) is 0 Å². The maximum absolute atomic E-state index is 4.34. The first-order valence-electron chi connectivity index (χ1n) is 5.05. The minimum atomic E-state index is 0.0755. The largest absolute Gasteiger partial charge is 0.333 e. The van der Waals surface area contributed by atoms with Gasteiger partial charge in [0, 0.05) is 37.6 Å². The van der Waals surface area contributed by atoms with Crippen molar-refractivity contribution in [3.8, 4) is 0 Å². The Kier molecular flexibility index (Phi) is 2.93. The van der Waals surface area contributed by atoms with E-state index in [1.165, 1.54) is 0 Å². The van der Waals surface area contributed by atoms with Gasteiger partial charge < -0.3 is 10.2 Å². The van der Waals surface area contributed by atoms with E-state index in [1.54, 1.807) is 12.4 Å². The van der Waals surface area contributed by atoms with Crippen molar-refractivity contribution in [3.05, 3.63) is 16.9 Å². The first-order valence-corrected chi connectivity index (χ1v) is 5.85. The monoisotopic (exact) mass is 270 g/mol. The maximum Gasteiger partial charge on any atom is 0.225 e. The van der Waals surface area contributed by atoms with Gasteiger partial charge in [0.2, 0.25) is 5.95 Å². The highest BCUT2D eigenvalue weighted by atomic mass is 79.9. The van der Waals surface area contributed by atoms with Crippen LogP contribution in [0, 0.1) is 0 Å². The molecule has 0 spiro atoms. The van der Waals surface area contributed by atoms with E-state index in [1.807, 2.05) is 0 Å². The molecule has 2 heterocycles. The SMILES string of the molecule is CC1(C)CNCCN1c1ncc(Br)cn1. The van der Waals surface area contributed by atoms with Crippen molar-refractivity contribution in [2.45, 2.75) is 19.4 Å². The van der Waals surface area contributed by atoms with Gasteiger partial charge in [0.1, 0.15) is 0 Å². The highest BCUT2D eigenvalue weighted by molar-refractivity contribution is 9.10. The van der Waals surface area contributed by atoms with Gasteiger partial charge in [0.25, 0.3) is 0 Å². The summed E-state index contributed by atoms with van der Waals surface area (Å²) in [7, 11) is 0. The van der Waals surface area contributed by atoms with Gasteiger partial charge in [-0.25, -0.2) is 9.97 Å². The molecule has 1 saturated heterocycles. The van der Waals surface area contributed by atoms with Crippen LogP contribution in [-0.2, 0) is 0 Å². The lowest BCUT2D eigenvalue weighted by atomic mass is 10.0. The van der Waals surface area contributed by atoms with Crippen molar-refractivity contribution in [3.63, 3.8) is 0 Å². The standard InChI is InChI=1S/C10H15BrN4/c1-10(2)7-12-3-4-15(10)9-13-5-8(11)6-14-9/h5-6,12H,3-4,7H2,1-2H3. The van der Waals surface area contributed by atoms with Crippen LogP contribution in [0.25, 0.3) is 0 Å². The quantitative estimate of drug-likeness (QED) is 0.839. The van der Waals surface area contributed by atoms with E-state index in [0.29, 0.717) is 0 Å². The lowest BCUT2D eigenvalue weighted by molar-refractivity contribution is 0.374. The Bertz CT molecular complexity index is 336. The fourth-order valence-corrected chi connectivity index (χ4v) is 2.00. The first kappa shape index (κ1) is 10.8. The lowest BCUT2D eigenvalue weighted by Gasteiger charge is -2.42. The molecule has 0 amide bonds. The average molecular weight is 271 g/mol. The molecule has 1 aliphatic heterocycles.